The van der Waals surface area contributed by atoms with Crippen LogP contribution in [0.15, 0.2) is 60.7 Å². The Kier molecular flexibility index (Phi) is 7.43. The molecular formula is C31H29Cl2F3N8. The molecule has 0 saturated heterocycles. The lowest BCUT2D eigenvalue weighted by molar-refractivity contribution is -0.195. The van der Waals surface area contributed by atoms with Crippen molar-refractivity contribution in [3.63, 3.8) is 0 Å². The fraction of sp³-hybridized carbons (Fsp3) is 0.323. The Morgan fingerprint density at radius 1 is 1.09 bits per heavy atom. The molecule has 228 valence electrons. The number of pyridine rings is 2. The molecule has 0 bridgehead atoms. The Balaban J connectivity index is 1.48. The van der Waals surface area contributed by atoms with Crippen molar-refractivity contribution < 1.29 is 13.2 Å². The zero-order valence-electron chi connectivity index (χ0n) is 24.1. The third-order valence-corrected chi connectivity index (χ3v) is 8.33. The van der Waals surface area contributed by atoms with Gasteiger partial charge in [-0.15, -0.1) is 5.53 Å². The van der Waals surface area contributed by atoms with Crippen LogP contribution in [0.1, 0.15) is 50.8 Å². The van der Waals surface area contributed by atoms with Crippen LogP contribution in [-0.2, 0) is 0 Å². The van der Waals surface area contributed by atoms with Crippen molar-refractivity contribution in [1.82, 2.24) is 25.9 Å². The monoisotopic (exact) mass is 640 g/mol. The Morgan fingerprint density at radius 3 is 2.55 bits per heavy atom. The molecule has 8 nitrogen and oxygen atoms in total. The first kappa shape index (κ1) is 30.1. The second kappa shape index (κ2) is 10.9. The van der Waals surface area contributed by atoms with Gasteiger partial charge >= 0.3 is 6.18 Å². The molecule has 1 fully saturated rings. The van der Waals surface area contributed by atoms with Crippen molar-refractivity contribution in [3.8, 4) is 6.07 Å². The van der Waals surface area contributed by atoms with E-state index in [0.29, 0.717) is 45.1 Å². The Hall–Kier alpha value is -3.98. The molecule has 0 spiro atoms. The Labute approximate surface area is 262 Å². The van der Waals surface area contributed by atoms with Gasteiger partial charge in [0.05, 0.1) is 33.5 Å². The van der Waals surface area contributed by atoms with Gasteiger partial charge in [-0.25, -0.2) is 4.98 Å². The topological polar surface area (TPSA) is 101 Å². The van der Waals surface area contributed by atoms with Crippen molar-refractivity contribution in [2.24, 2.45) is 5.41 Å². The first-order chi connectivity index (χ1) is 20.8. The average Bonchev–Trinajstić information content (AvgIpc) is 3.65. The highest BCUT2D eigenvalue weighted by Crippen LogP contribution is 2.54. The average molecular weight is 642 g/mol. The van der Waals surface area contributed by atoms with Crippen molar-refractivity contribution in [2.45, 2.75) is 51.4 Å². The van der Waals surface area contributed by atoms with E-state index < -0.39 is 17.8 Å². The smallest absolute Gasteiger partial charge is 0.383 e. The van der Waals surface area contributed by atoms with Crippen LogP contribution >= 0.6 is 23.2 Å². The molecule has 2 aliphatic rings. The molecule has 1 aliphatic carbocycles. The normalized spacial score (nSPS) is 16.8. The van der Waals surface area contributed by atoms with Gasteiger partial charge in [0, 0.05) is 41.6 Å². The molecular weight excluding hydrogens is 612 g/mol. The zero-order chi connectivity index (χ0) is 31.4. The molecule has 1 aliphatic heterocycles. The number of hydrogen-bond acceptors (Lipinski definition) is 8. The number of nitrogens with one attached hydrogen (secondary N) is 4. The van der Waals surface area contributed by atoms with Crippen LogP contribution in [0.5, 0.6) is 0 Å². The number of hydrogen-bond donors (Lipinski definition) is 4. The van der Waals surface area contributed by atoms with E-state index in [-0.39, 0.29) is 23.4 Å². The minimum Gasteiger partial charge on any atom is -0.383 e. The van der Waals surface area contributed by atoms with Gasteiger partial charge < -0.3 is 16.1 Å². The van der Waals surface area contributed by atoms with E-state index in [4.69, 9.17) is 23.2 Å². The van der Waals surface area contributed by atoms with Gasteiger partial charge in [0.2, 0.25) is 0 Å². The third kappa shape index (κ3) is 5.54. The SMILES string of the molecule is CC(C)(C)CNc1c(C#N)cnc2c(Cl)cc(N[C@H](C3=CN(C4(C(F)(F)F)CC4)NN3)c3cccc4cnc(Cl)cc34)cc12. The Morgan fingerprint density at radius 2 is 1.86 bits per heavy atom. The third-order valence-electron chi connectivity index (χ3n) is 7.84. The van der Waals surface area contributed by atoms with Crippen LogP contribution in [0.4, 0.5) is 24.5 Å². The maximum Gasteiger partial charge on any atom is 0.413 e. The largest absolute Gasteiger partial charge is 0.413 e. The summed E-state index contributed by atoms with van der Waals surface area (Å²) in [4.78, 5) is 8.63. The second-order valence-corrected chi connectivity index (χ2v) is 13.1. The number of rotatable bonds is 7. The summed E-state index contributed by atoms with van der Waals surface area (Å²) in [6, 6.07) is 12.4. The number of fused-ring (bicyclic) bond motifs is 2. The van der Waals surface area contributed by atoms with Gasteiger partial charge in [-0.05, 0) is 47.4 Å². The number of benzene rings is 2. The molecule has 0 amide bonds. The van der Waals surface area contributed by atoms with Gasteiger partial charge in [-0.2, -0.15) is 18.4 Å². The predicted octanol–water partition coefficient (Wildman–Crippen LogP) is 7.83. The maximum atomic E-state index is 14.0. The van der Waals surface area contributed by atoms with Crippen LogP contribution in [-0.4, -0.2) is 33.2 Å². The summed E-state index contributed by atoms with van der Waals surface area (Å²) in [7, 11) is 0. The maximum absolute atomic E-state index is 14.0. The fourth-order valence-corrected chi connectivity index (χ4v) is 5.79. The molecule has 13 heteroatoms. The quantitative estimate of drug-likeness (QED) is 0.152. The van der Waals surface area contributed by atoms with Gasteiger partial charge in [-0.3, -0.25) is 9.99 Å². The molecule has 3 heterocycles. The number of alkyl halides is 3. The van der Waals surface area contributed by atoms with Crippen molar-refractivity contribution in [1.29, 1.82) is 5.26 Å². The van der Waals surface area contributed by atoms with E-state index in [1.54, 1.807) is 18.3 Å². The van der Waals surface area contributed by atoms with Gasteiger partial charge in [-0.1, -0.05) is 62.2 Å². The fourth-order valence-electron chi connectivity index (χ4n) is 5.37. The van der Waals surface area contributed by atoms with E-state index in [9.17, 15) is 18.4 Å². The predicted molar refractivity (Wildman–Crippen MR) is 167 cm³/mol. The molecule has 4 aromatic rings. The molecule has 0 unspecified atom stereocenters. The first-order valence-corrected chi connectivity index (χ1v) is 14.7. The number of aromatic nitrogens is 2. The number of hydrazine groups is 2. The lowest BCUT2D eigenvalue weighted by Crippen LogP contribution is -2.52. The summed E-state index contributed by atoms with van der Waals surface area (Å²) in [6.45, 7) is 6.82. The minimum atomic E-state index is -4.41. The highest BCUT2D eigenvalue weighted by atomic mass is 35.5. The molecule has 0 radical (unpaired) electrons. The van der Waals surface area contributed by atoms with E-state index in [1.165, 1.54) is 12.4 Å². The van der Waals surface area contributed by atoms with Crippen LogP contribution in [0.2, 0.25) is 10.2 Å². The van der Waals surface area contributed by atoms with E-state index in [2.05, 4.69) is 58.4 Å². The molecule has 4 N–H and O–H groups in total. The number of nitriles is 1. The van der Waals surface area contributed by atoms with Gasteiger partial charge in [0.25, 0.3) is 0 Å². The summed E-state index contributed by atoms with van der Waals surface area (Å²) >= 11 is 13.0. The summed E-state index contributed by atoms with van der Waals surface area (Å²) in [5.41, 5.74) is 6.88. The number of nitrogens with zero attached hydrogens (tertiary/aromatic N) is 4. The lowest BCUT2D eigenvalue weighted by Gasteiger charge is -2.28. The van der Waals surface area contributed by atoms with E-state index >= 15 is 0 Å². The molecule has 1 atom stereocenters. The lowest BCUT2D eigenvalue weighted by atomic mass is 9.96. The highest BCUT2D eigenvalue weighted by Gasteiger charge is 2.67. The molecule has 2 aromatic heterocycles. The molecule has 6 rings (SSSR count). The summed E-state index contributed by atoms with van der Waals surface area (Å²) in [5, 5.41) is 20.7. The molecule has 44 heavy (non-hydrogen) atoms. The van der Waals surface area contributed by atoms with E-state index in [0.717, 1.165) is 21.3 Å². The Bertz CT molecular complexity index is 1840. The zero-order valence-corrected chi connectivity index (χ0v) is 25.6. The summed E-state index contributed by atoms with van der Waals surface area (Å²) < 4.78 is 42.0. The first-order valence-electron chi connectivity index (χ1n) is 14.0. The summed E-state index contributed by atoms with van der Waals surface area (Å²) in [6.07, 6.45) is 0.155. The van der Waals surface area contributed by atoms with Crippen molar-refractivity contribution in [3.05, 3.63) is 82.0 Å². The van der Waals surface area contributed by atoms with Crippen LogP contribution in [0.3, 0.4) is 0 Å². The second-order valence-electron chi connectivity index (χ2n) is 12.3. The standard InChI is InChI=1S/C31H29Cl2F3N8/c1-29(2,3)16-40-26-18(12-37)14-39-27-22(26)9-19(10-23(27)32)41-28(20-6-4-5-17-13-38-25(33)11-21(17)20)24-15-44(43-42-24)30(7-8-30)31(34,35)36/h4-6,9-11,13-15,28,41-43H,7-8,16H2,1-3H3,(H,39,40)/t28-/m0/s1. The van der Waals surface area contributed by atoms with Gasteiger partial charge in [0.15, 0.2) is 5.54 Å². The molecule has 1 saturated carbocycles. The molecule has 2 aromatic carbocycles. The van der Waals surface area contributed by atoms with Crippen LogP contribution in [0.25, 0.3) is 21.7 Å². The van der Waals surface area contributed by atoms with Crippen LogP contribution < -0.4 is 21.6 Å². The van der Waals surface area contributed by atoms with Crippen LogP contribution in [0, 0.1) is 16.7 Å². The van der Waals surface area contributed by atoms with Crippen molar-refractivity contribution in [2.75, 3.05) is 17.2 Å². The highest BCUT2D eigenvalue weighted by molar-refractivity contribution is 6.36. The minimum absolute atomic E-state index is 0.0124. The summed E-state index contributed by atoms with van der Waals surface area (Å²) in [5.74, 6) is 0. The van der Waals surface area contributed by atoms with Crippen molar-refractivity contribution >= 4 is 56.3 Å². The number of anilines is 2. The van der Waals surface area contributed by atoms with Gasteiger partial charge in [0.1, 0.15) is 11.2 Å². The number of halogens is 5. The van der Waals surface area contributed by atoms with E-state index in [1.807, 2.05) is 24.3 Å².